The van der Waals surface area contributed by atoms with E-state index in [1.807, 2.05) is 25.2 Å². The fourth-order valence-corrected chi connectivity index (χ4v) is 5.22. The first kappa shape index (κ1) is 22.5. The number of amides is 1. The van der Waals surface area contributed by atoms with E-state index in [9.17, 15) is 4.79 Å². The highest BCUT2D eigenvalue weighted by molar-refractivity contribution is 6.05. The van der Waals surface area contributed by atoms with Crippen molar-refractivity contribution in [3.05, 3.63) is 52.8 Å². The van der Waals surface area contributed by atoms with E-state index in [4.69, 9.17) is 11.5 Å². The fourth-order valence-electron chi connectivity index (χ4n) is 5.22. The molecule has 1 fully saturated rings. The van der Waals surface area contributed by atoms with E-state index in [1.54, 1.807) is 10.9 Å². The van der Waals surface area contributed by atoms with Crippen molar-refractivity contribution in [1.29, 1.82) is 0 Å². The number of piperidine rings is 1. The number of nitrogens with one attached hydrogen (secondary N) is 1. The quantitative estimate of drug-likeness (QED) is 0.546. The van der Waals surface area contributed by atoms with Gasteiger partial charge in [0.2, 0.25) is 5.95 Å². The number of carbonyl (C=O) groups is 1. The molecule has 1 amide bonds. The lowest BCUT2D eigenvalue weighted by Gasteiger charge is -2.31. The van der Waals surface area contributed by atoms with Crippen molar-refractivity contribution in [2.45, 2.75) is 51.1 Å². The Hall–Kier alpha value is -3.30. The molecule has 5 N–H and O–H groups in total. The molecule has 9 heteroatoms. The van der Waals surface area contributed by atoms with Gasteiger partial charge in [-0.3, -0.25) is 14.4 Å². The van der Waals surface area contributed by atoms with Crippen molar-refractivity contribution < 1.29 is 4.79 Å². The van der Waals surface area contributed by atoms with E-state index in [-0.39, 0.29) is 17.3 Å². The Kier molecular flexibility index (Phi) is 5.61. The lowest BCUT2D eigenvalue weighted by molar-refractivity contribution is 0.101. The molecule has 5 rings (SSSR count). The lowest BCUT2D eigenvalue weighted by atomic mass is 9.73. The molecular formula is C25H32N8O. The van der Waals surface area contributed by atoms with Crippen LogP contribution in [0.2, 0.25) is 0 Å². The Labute approximate surface area is 199 Å². The molecule has 0 bridgehead atoms. The van der Waals surface area contributed by atoms with Gasteiger partial charge in [0.25, 0.3) is 5.91 Å². The average molecular weight is 461 g/mol. The monoisotopic (exact) mass is 460 g/mol. The van der Waals surface area contributed by atoms with Gasteiger partial charge in [-0.05, 0) is 61.0 Å². The predicted molar refractivity (Wildman–Crippen MR) is 132 cm³/mol. The molecule has 0 unspecified atom stereocenters. The van der Waals surface area contributed by atoms with Gasteiger partial charge in [0, 0.05) is 37.1 Å². The van der Waals surface area contributed by atoms with Gasteiger partial charge in [0.05, 0.1) is 11.4 Å². The van der Waals surface area contributed by atoms with Crippen LogP contribution >= 0.6 is 0 Å². The van der Waals surface area contributed by atoms with Crippen LogP contribution in [0.4, 0.5) is 11.6 Å². The van der Waals surface area contributed by atoms with Gasteiger partial charge in [-0.2, -0.15) is 5.10 Å². The minimum Gasteiger partial charge on any atom is -0.368 e. The van der Waals surface area contributed by atoms with E-state index in [2.05, 4.69) is 45.2 Å². The highest BCUT2D eigenvalue weighted by Gasteiger charge is 2.39. The molecule has 3 aromatic rings. The molecule has 34 heavy (non-hydrogen) atoms. The summed E-state index contributed by atoms with van der Waals surface area (Å²) in [6, 6.07) is 8.34. The van der Waals surface area contributed by atoms with Crippen LogP contribution in [0.25, 0.3) is 11.4 Å². The van der Waals surface area contributed by atoms with Crippen LogP contribution in [0.3, 0.4) is 0 Å². The average Bonchev–Trinajstić information content (AvgIpc) is 3.15. The number of aryl methyl sites for hydroxylation is 1. The summed E-state index contributed by atoms with van der Waals surface area (Å²) in [5.74, 6) is -0.0133. The van der Waals surface area contributed by atoms with Gasteiger partial charge >= 0.3 is 0 Å². The van der Waals surface area contributed by atoms with Gasteiger partial charge in [-0.15, -0.1) is 0 Å². The molecule has 0 atom stereocenters. The number of rotatable bonds is 4. The maximum Gasteiger partial charge on any atom is 0.276 e. The smallest absolute Gasteiger partial charge is 0.276 e. The molecule has 0 saturated carbocycles. The van der Waals surface area contributed by atoms with Crippen molar-refractivity contribution in [2.75, 3.05) is 24.1 Å². The zero-order valence-electron chi connectivity index (χ0n) is 20.0. The molecule has 178 valence electrons. The first-order valence-electron chi connectivity index (χ1n) is 11.8. The normalized spacial score (nSPS) is 17.8. The summed E-state index contributed by atoms with van der Waals surface area (Å²) in [5.41, 5.74) is 17.4. The summed E-state index contributed by atoms with van der Waals surface area (Å²) in [6.45, 7) is 7.09. The lowest BCUT2D eigenvalue weighted by Crippen LogP contribution is -2.39. The Morgan fingerprint density at radius 1 is 1.26 bits per heavy atom. The summed E-state index contributed by atoms with van der Waals surface area (Å²) < 4.78 is 1.73. The van der Waals surface area contributed by atoms with Crippen molar-refractivity contribution >= 4 is 17.5 Å². The highest BCUT2D eigenvalue weighted by Crippen LogP contribution is 2.43. The zero-order valence-corrected chi connectivity index (χ0v) is 20.0. The van der Waals surface area contributed by atoms with E-state index in [1.165, 1.54) is 0 Å². The third kappa shape index (κ3) is 4.17. The van der Waals surface area contributed by atoms with Crippen LogP contribution in [-0.4, -0.2) is 49.7 Å². The van der Waals surface area contributed by atoms with Crippen molar-refractivity contribution in [3.8, 4) is 11.4 Å². The number of aromatic nitrogens is 4. The summed E-state index contributed by atoms with van der Waals surface area (Å²) in [5, 5.41) is 7.69. The van der Waals surface area contributed by atoms with Crippen LogP contribution in [-0.2, 0) is 25.4 Å². The predicted octanol–water partition coefficient (Wildman–Crippen LogP) is 2.47. The maximum atomic E-state index is 13.4. The van der Waals surface area contributed by atoms with E-state index >= 15 is 0 Å². The van der Waals surface area contributed by atoms with Crippen LogP contribution in [0.15, 0.2) is 30.5 Å². The van der Waals surface area contributed by atoms with Crippen LogP contribution < -0.4 is 16.8 Å². The number of likely N-dealkylation sites (tertiary alicyclic amines) is 1. The molecule has 1 aliphatic heterocycles. The van der Waals surface area contributed by atoms with Crippen molar-refractivity contribution in [1.82, 2.24) is 24.6 Å². The van der Waals surface area contributed by atoms with E-state index in [0.29, 0.717) is 18.2 Å². The minimum absolute atomic E-state index is 0.212. The topological polar surface area (TPSA) is 128 Å². The Morgan fingerprint density at radius 2 is 2.03 bits per heavy atom. The van der Waals surface area contributed by atoms with Gasteiger partial charge in [0.1, 0.15) is 0 Å². The molecule has 2 aromatic heterocycles. The van der Waals surface area contributed by atoms with E-state index < -0.39 is 0 Å². The van der Waals surface area contributed by atoms with Gasteiger partial charge in [-0.1, -0.05) is 26.0 Å². The number of nitrogens with two attached hydrogens (primary N) is 2. The number of carbonyl (C=O) groups excluding carboxylic acids is 1. The van der Waals surface area contributed by atoms with Gasteiger partial charge < -0.3 is 16.8 Å². The Bertz CT molecular complexity index is 1240. The number of nitrogen functional groups attached to an aromatic ring is 1. The molecule has 3 heterocycles. The van der Waals surface area contributed by atoms with Crippen LogP contribution in [0, 0.1) is 0 Å². The third-order valence-corrected chi connectivity index (χ3v) is 6.90. The highest BCUT2D eigenvalue weighted by atomic mass is 16.2. The molecule has 2 aliphatic rings. The number of hydrogen-bond acceptors (Lipinski definition) is 7. The number of hydrogen-bond donors (Lipinski definition) is 3. The first-order valence-corrected chi connectivity index (χ1v) is 11.8. The summed E-state index contributed by atoms with van der Waals surface area (Å²) in [6.07, 6.45) is 4.53. The largest absolute Gasteiger partial charge is 0.368 e. The summed E-state index contributed by atoms with van der Waals surface area (Å²) in [7, 11) is 1.84. The summed E-state index contributed by atoms with van der Waals surface area (Å²) >= 11 is 0. The van der Waals surface area contributed by atoms with Crippen molar-refractivity contribution in [2.24, 2.45) is 12.8 Å². The second-order valence-electron chi connectivity index (χ2n) is 10.1. The molecule has 0 spiro atoms. The first-order chi connectivity index (χ1) is 16.2. The van der Waals surface area contributed by atoms with Crippen LogP contribution in [0.1, 0.15) is 53.9 Å². The standard InChI is InChI=1S/C25H32N8O/c1-25(2)12-16-13-28-24(27)30-20(16)22-19(25)21(31-32(22)3)23(34)29-18-6-4-5-15(11-18)14-33-9-7-17(26)8-10-33/h4-6,11,13,17H,7-10,12,14,26H2,1-3H3,(H,29,34)(H2,27,28,30). The van der Waals surface area contributed by atoms with Gasteiger partial charge in [-0.25, -0.2) is 9.97 Å². The Morgan fingerprint density at radius 3 is 2.79 bits per heavy atom. The molecule has 1 aliphatic carbocycles. The van der Waals surface area contributed by atoms with Crippen LogP contribution in [0.5, 0.6) is 0 Å². The number of nitrogens with zero attached hydrogens (tertiary/aromatic N) is 5. The maximum absolute atomic E-state index is 13.4. The van der Waals surface area contributed by atoms with Gasteiger partial charge in [0.15, 0.2) is 5.69 Å². The molecule has 0 radical (unpaired) electrons. The third-order valence-electron chi connectivity index (χ3n) is 6.90. The number of anilines is 2. The zero-order chi connectivity index (χ0) is 24.0. The van der Waals surface area contributed by atoms with Crippen molar-refractivity contribution in [3.63, 3.8) is 0 Å². The SMILES string of the molecule is Cn1nc(C(=O)Nc2cccc(CN3CCC(N)CC3)c2)c2c1-c1nc(N)ncc1CC2(C)C. The second kappa shape index (κ2) is 8.48. The number of fused-ring (bicyclic) bond motifs is 3. The van der Waals surface area contributed by atoms with E-state index in [0.717, 1.165) is 66.2 Å². The second-order valence-corrected chi connectivity index (χ2v) is 10.1. The molecule has 1 aromatic carbocycles. The molecular weight excluding hydrogens is 428 g/mol. The summed E-state index contributed by atoms with van der Waals surface area (Å²) in [4.78, 5) is 24.5. The minimum atomic E-state index is -0.306. The molecule has 9 nitrogen and oxygen atoms in total. The number of benzene rings is 1. The fraction of sp³-hybridized carbons (Fsp3) is 0.440. The Balaban J connectivity index is 1.41. The molecule has 1 saturated heterocycles.